The minimum atomic E-state index is -4.62. The molecule has 186 valence electrons. The number of nitrogens with zero attached hydrogens (tertiary/aromatic N) is 2. The first-order valence-electron chi connectivity index (χ1n) is 10.7. The zero-order valence-electron chi connectivity index (χ0n) is 18.2. The second-order valence-electron chi connectivity index (χ2n) is 8.09. The van der Waals surface area contributed by atoms with Crippen molar-refractivity contribution in [3.05, 3.63) is 53.6 Å². The van der Waals surface area contributed by atoms with Crippen LogP contribution in [0.1, 0.15) is 11.1 Å². The Bertz CT molecular complexity index is 1100. The van der Waals surface area contributed by atoms with E-state index in [1.54, 1.807) is 6.07 Å². The Kier molecular flexibility index (Phi) is 7.33. The molecule has 8 nitrogen and oxygen atoms in total. The molecule has 12 heteroatoms. The summed E-state index contributed by atoms with van der Waals surface area (Å²) >= 11 is 0. The van der Waals surface area contributed by atoms with E-state index in [-0.39, 0.29) is 38.0 Å². The van der Waals surface area contributed by atoms with Crippen LogP contribution in [0, 0.1) is 0 Å². The Morgan fingerprint density at radius 1 is 1.03 bits per heavy atom. The van der Waals surface area contributed by atoms with Crippen LogP contribution in [-0.4, -0.2) is 75.0 Å². The zero-order chi connectivity index (χ0) is 24.3. The topological polar surface area (TPSA) is 88.5 Å². The first-order chi connectivity index (χ1) is 16.1. The number of alkyl halides is 3. The van der Waals surface area contributed by atoms with Gasteiger partial charge in [0.1, 0.15) is 0 Å². The predicted molar refractivity (Wildman–Crippen MR) is 115 cm³/mol. The SMILES string of the molecule is O=S(=O)(c1cccc(C(F)(F)F)c1)N1CCN(CC(O)COCc2ccc3c(c2)OCO3)CC1. The van der Waals surface area contributed by atoms with Crippen LogP contribution in [0.25, 0.3) is 0 Å². The molecule has 0 bridgehead atoms. The van der Waals surface area contributed by atoms with E-state index in [1.807, 2.05) is 17.0 Å². The third-order valence-electron chi connectivity index (χ3n) is 5.62. The average Bonchev–Trinajstić information content (AvgIpc) is 3.27. The number of hydrogen-bond acceptors (Lipinski definition) is 7. The molecule has 0 aliphatic carbocycles. The highest BCUT2D eigenvalue weighted by Crippen LogP contribution is 2.33. The minimum absolute atomic E-state index is 0.0944. The van der Waals surface area contributed by atoms with E-state index in [2.05, 4.69) is 0 Å². The summed E-state index contributed by atoms with van der Waals surface area (Å²) in [6.45, 7) is 1.78. The van der Waals surface area contributed by atoms with Crippen molar-refractivity contribution < 1.29 is 40.9 Å². The van der Waals surface area contributed by atoms with E-state index in [1.165, 1.54) is 4.31 Å². The highest BCUT2D eigenvalue weighted by atomic mass is 32.2. The summed E-state index contributed by atoms with van der Waals surface area (Å²) in [6.07, 6.45) is -5.40. The number of aliphatic hydroxyl groups excluding tert-OH is 1. The summed E-state index contributed by atoms with van der Waals surface area (Å²) in [5.74, 6) is 1.33. The number of rotatable bonds is 8. The maximum atomic E-state index is 12.9. The summed E-state index contributed by atoms with van der Waals surface area (Å²) < 4.78 is 81.8. The Labute approximate surface area is 195 Å². The Morgan fingerprint density at radius 2 is 1.76 bits per heavy atom. The molecular weight excluding hydrogens is 477 g/mol. The maximum absolute atomic E-state index is 12.9. The van der Waals surface area contributed by atoms with Gasteiger partial charge in [-0.3, -0.25) is 4.90 Å². The second kappa shape index (κ2) is 10.1. The first kappa shape index (κ1) is 24.7. The fourth-order valence-corrected chi connectivity index (χ4v) is 5.30. The fourth-order valence-electron chi connectivity index (χ4n) is 3.83. The Balaban J connectivity index is 1.23. The van der Waals surface area contributed by atoms with Gasteiger partial charge < -0.3 is 19.3 Å². The van der Waals surface area contributed by atoms with Crippen LogP contribution in [0.2, 0.25) is 0 Å². The molecular formula is C22H25F3N2O6S. The van der Waals surface area contributed by atoms with Crippen LogP contribution in [0.15, 0.2) is 47.4 Å². The van der Waals surface area contributed by atoms with Crippen LogP contribution >= 0.6 is 0 Å². The van der Waals surface area contributed by atoms with E-state index in [0.717, 1.165) is 23.8 Å². The first-order valence-corrected chi connectivity index (χ1v) is 12.1. The molecule has 2 heterocycles. The molecule has 0 amide bonds. The lowest BCUT2D eigenvalue weighted by Gasteiger charge is -2.34. The summed E-state index contributed by atoms with van der Waals surface area (Å²) in [6, 6.07) is 9.22. The highest BCUT2D eigenvalue weighted by molar-refractivity contribution is 7.89. The molecule has 1 unspecified atom stereocenters. The molecule has 4 rings (SSSR count). The third-order valence-corrected chi connectivity index (χ3v) is 7.51. The van der Waals surface area contributed by atoms with Crippen LogP contribution < -0.4 is 9.47 Å². The van der Waals surface area contributed by atoms with Gasteiger partial charge in [-0.05, 0) is 35.9 Å². The van der Waals surface area contributed by atoms with Gasteiger partial charge in [-0.15, -0.1) is 0 Å². The molecule has 1 fully saturated rings. The standard InChI is InChI=1S/C22H25F3N2O6S/c23-22(24,25)17-2-1-3-19(11-17)34(29,30)27-8-6-26(7-9-27)12-18(28)14-31-13-16-4-5-20-21(10-16)33-15-32-20/h1-5,10-11,18,28H,6-9,12-15H2. The maximum Gasteiger partial charge on any atom is 0.416 e. The number of β-amino-alcohol motifs (C(OH)–C–C–N with tert-alkyl or cyclic N) is 1. The number of ether oxygens (including phenoxy) is 3. The summed E-state index contributed by atoms with van der Waals surface area (Å²) in [7, 11) is -4.05. The quantitative estimate of drug-likeness (QED) is 0.593. The van der Waals surface area contributed by atoms with Gasteiger partial charge in [0.2, 0.25) is 16.8 Å². The summed E-state index contributed by atoms with van der Waals surface area (Å²) in [4.78, 5) is 1.51. The van der Waals surface area contributed by atoms with Gasteiger partial charge in [0, 0.05) is 32.7 Å². The van der Waals surface area contributed by atoms with Gasteiger partial charge in [0.25, 0.3) is 0 Å². The molecule has 0 saturated carbocycles. The summed E-state index contributed by atoms with van der Waals surface area (Å²) in [5.41, 5.74) is -0.124. The number of hydrogen-bond donors (Lipinski definition) is 1. The fraction of sp³-hybridized carbons (Fsp3) is 0.455. The largest absolute Gasteiger partial charge is 0.454 e. The lowest BCUT2D eigenvalue weighted by atomic mass is 10.2. The van der Waals surface area contributed by atoms with Crippen molar-refractivity contribution in [2.24, 2.45) is 0 Å². The van der Waals surface area contributed by atoms with Crippen molar-refractivity contribution in [2.45, 2.75) is 23.8 Å². The van der Waals surface area contributed by atoms with Crippen LogP contribution in [0.3, 0.4) is 0 Å². The minimum Gasteiger partial charge on any atom is -0.454 e. The molecule has 1 atom stereocenters. The van der Waals surface area contributed by atoms with Crippen LogP contribution in [0.4, 0.5) is 13.2 Å². The van der Waals surface area contributed by atoms with Crippen LogP contribution in [0.5, 0.6) is 11.5 Å². The lowest BCUT2D eigenvalue weighted by molar-refractivity contribution is -0.137. The number of benzene rings is 2. The van der Waals surface area contributed by atoms with E-state index >= 15 is 0 Å². The predicted octanol–water partition coefficient (Wildman–Crippen LogP) is 2.32. The van der Waals surface area contributed by atoms with E-state index < -0.39 is 27.9 Å². The van der Waals surface area contributed by atoms with Crippen molar-refractivity contribution >= 4 is 10.0 Å². The van der Waals surface area contributed by atoms with E-state index in [4.69, 9.17) is 14.2 Å². The number of sulfonamides is 1. The monoisotopic (exact) mass is 502 g/mol. The van der Waals surface area contributed by atoms with E-state index in [9.17, 15) is 26.7 Å². The van der Waals surface area contributed by atoms with Crippen molar-refractivity contribution in [1.82, 2.24) is 9.21 Å². The molecule has 0 aromatic heterocycles. The normalized spacial score (nSPS) is 18.2. The van der Waals surface area contributed by atoms with Gasteiger partial charge in [-0.1, -0.05) is 12.1 Å². The summed E-state index contributed by atoms with van der Waals surface area (Å²) in [5, 5.41) is 10.3. The Hall–Kier alpha value is -2.38. The molecule has 2 aliphatic rings. The lowest BCUT2D eigenvalue weighted by Crippen LogP contribution is -2.50. The molecule has 1 saturated heterocycles. The van der Waals surface area contributed by atoms with Crippen molar-refractivity contribution in [2.75, 3.05) is 46.1 Å². The molecule has 0 radical (unpaired) electrons. The van der Waals surface area contributed by atoms with Crippen molar-refractivity contribution in [3.63, 3.8) is 0 Å². The van der Waals surface area contributed by atoms with Gasteiger partial charge in [-0.2, -0.15) is 17.5 Å². The molecule has 2 aliphatic heterocycles. The number of aliphatic hydroxyl groups is 1. The molecule has 1 N–H and O–H groups in total. The average molecular weight is 503 g/mol. The molecule has 2 aromatic carbocycles. The zero-order valence-corrected chi connectivity index (χ0v) is 19.0. The highest BCUT2D eigenvalue weighted by Gasteiger charge is 2.34. The second-order valence-corrected chi connectivity index (χ2v) is 10.0. The van der Waals surface area contributed by atoms with Crippen molar-refractivity contribution in [3.8, 4) is 11.5 Å². The van der Waals surface area contributed by atoms with Gasteiger partial charge in [0.05, 0.1) is 29.8 Å². The van der Waals surface area contributed by atoms with Gasteiger partial charge in [-0.25, -0.2) is 8.42 Å². The third kappa shape index (κ3) is 5.81. The van der Waals surface area contributed by atoms with Gasteiger partial charge >= 0.3 is 6.18 Å². The Morgan fingerprint density at radius 3 is 2.50 bits per heavy atom. The van der Waals surface area contributed by atoms with Crippen LogP contribution in [-0.2, 0) is 27.5 Å². The number of piperazine rings is 1. The number of halogens is 3. The molecule has 2 aromatic rings. The van der Waals surface area contributed by atoms with Gasteiger partial charge in [0.15, 0.2) is 11.5 Å². The van der Waals surface area contributed by atoms with Crippen molar-refractivity contribution in [1.29, 1.82) is 0 Å². The smallest absolute Gasteiger partial charge is 0.416 e. The molecule has 0 spiro atoms. The van der Waals surface area contributed by atoms with E-state index in [0.29, 0.717) is 37.2 Å². The number of fused-ring (bicyclic) bond motifs is 1. The molecule has 34 heavy (non-hydrogen) atoms.